The lowest BCUT2D eigenvalue weighted by Crippen LogP contribution is -2.60. The average Bonchev–Trinajstić information content (AvgIpc) is 3.26. The van der Waals surface area contributed by atoms with E-state index in [-0.39, 0.29) is 23.4 Å². The molecule has 11 nitrogen and oxygen atoms in total. The van der Waals surface area contributed by atoms with Crippen LogP contribution >= 0.6 is 11.6 Å². The van der Waals surface area contributed by atoms with Crippen LogP contribution in [0.15, 0.2) is 18.2 Å². The second-order valence-corrected chi connectivity index (χ2v) is 9.15. The zero-order valence-corrected chi connectivity index (χ0v) is 20.5. The van der Waals surface area contributed by atoms with E-state index in [1.165, 1.54) is 11.7 Å². The van der Waals surface area contributed by atoms with E-state index in [0.29, 0.717) is 62.6 Å². The first-order valence-electron chi connectivity index (χ1n) is 11.5. The van der Waals surface area contributed by atoms with E-state index < -0.39 is 17.6 Å². The van der Waals surface area contributed by atoms with Crippen molar-refractivity contribution in [2.75, 3.05) is 56.3 Å². The number of methoxy groups -OCH3 is 1. The minimum absolute atomic E-state index is 0.0226. The normalized spacial score (nSPS) is 17.4. The summed E-state index contributed by atoms with van der Waals surface area (Å²) in [5.41, 5.74) is 0.673. The van der Waals surface area contributed by atoms with Crippen LogP contribution in [0.4, 0.5) is 20.7 Å². The first-order chi connectivity index (χ1) is 17.4. The molecule has 2 aliphatic heterocycles. The maximum atomic E-state index is 14.1. The number of imidazole rings is 1. The van der Waals surface area contributed by atoms with Gasteiger partial charge in [0.1, 0.15) is 16.6 Å². The number of alkyl halides is 3. The first kappa shape index (κ1) is 24.4. The number of hydrogen-bond donors (Lipinski definition) is 1. The van der Waals surface area contributed by atoms with Crippen molar-refractivity contribution in [2.45, 2.75) is 24.8 Å². The largest absolute Gasteiger partial charge is 0.494 e. The second kappa shape index (κ2) is 9.97. The molecule has 2 aromatic heterocycles. The Kier molecular flexibility index (Phi) is 6.75. The summed E-state index contributed by atoms with van der Waals surface area (Å²) in [6, 6.07) is 4.89. The number of carbonyl (C=O) groups is 1. The molecule has 3 aromatic rings. The molecule has 192 valence electrons. The molecule has 0 aliphatic carbocycles. The smallest absolute Gasteiger partial charge is 0.296 e. The van der Waals surface area contributed by atoms with Gasteiger partial charge in [-0.25, -0.2) is 13.8 Å². The van der Waals surface area contributed by atoms with Gasteiger partial charge in [0.2, 0.25) is 23.8 Å². The summed E-state index contributed by atoms with van der Waals surface area (Å²) >= 11 is 5.85. The van der Waals surface area contributed by atoms with Gasteiger partial charge in [-0.05, 0) is 19.1 Å². The molecule has 5 rings (SSSR count). The summed E-state index contributed by atoms with van der Waals surface area (Å²) in [4.78, 5) is 33.6. The number of hydrogen-bond acceptors (Lipinski definition) is 9. The number of carbonyl (C=O) groups excluding carboxylic acids is 1. The molecule has 2 saturated heterocycles. The molecule has 1 amide bonds. The molecular weight excluding hydrogens is 498 g/mol. The topological polar surface area (TPSA) is 111 Å². The number of ether oxygens (including phenoxy) is 2. The number of aromatic nitrogens is 5. The van der Waals surface area contributed by atoms with Gasteiger partial charge in [-0.2, -0.15) is 15.0 Å². The molecule has 2 fully saturated rings. The van der Waals surface area contributed by atoms with E-state index in [1.54, 1.807) is 25.1 Å². The van der Waals surface area contributed by atoms with Crippen LogP contribution in [-0.4, -0.2) is 88.3 Å². The van der Waals surface area contributed by atoms with Crippen molar-refractivity contribution in [3.8, 4) is 11.7 Å². The Morgan fingerprint density at radius 3 is 2.42 bits per heavy atom. The molecule has 1 unspecified atom stereocenters. The third-order valence-corrected chi connectivity index (χ3v) is 6.25. The van der Waals surface area contributed by atoms with E-state index in [4.69, 9.17) is 21.1 Å². The molecule has 4 heterocycles. The van der Waals surface area contributed by atoms with Gasteiger partial charge in [-0.1, -0.05) is 6.07 Å². The number of anilines is 2. The summed E-state index contributed by atoms with van der Waals surface area (Å²) in [5.74, 6) is 0.303. The monoisotopic (exact) mass is 522 g/mol. The molecule has 14 heteroatoms. The standard InChI is InChI=1S/C22H25ClF2N8O3/c1-12(23)19(34)26-13-10-32(11-13)21-28-20(31-6-8-36-9-7-31)29-22(30-21)33-14-4-3-5-15(35-2)16(14)27-18(33)17(24)25/h3-5,12-13,17H,6-11H2,1-2H3,(H,26,34). The van der Waals surface area contributed by atoms with Crippen molar-refractivity contribution in [1.29, 1.82) is 0 Å². The fourth-order valence-corrected chi connectivity index (χ4v) is 4.21. The third kappa shape index (κ3) is 4.60. The summed E-state index contributed by atoms with van der Waals surface area (Å²) in [6.45, 7) is 4.59. The molecule has 0 saturated carbocycles. The van der Waals surface area contributed by atoms with Crippen molar-refractivity contribution in [3.05, 3.63) is 24.0 Å². The molecule has 0 spiro atoms. The highest BCUT2D eigenvalue weighted by Crippen LogP contribution is 2.32. The zero-order chi connectivity index (χ0) is 25.4. The molecule has 1 aromatic carbocycles. The lowest BCUT2D eigenvalue weighted by molar-refractivity contribution is -0.121. The van der Waals surface area contributed by atoms with Gasteiger partial charge >= 0.3 is 0 Å². The molecule has 36 heavy (non-hydrogen) atoms. The van der Waals surface area contributed by atoms with E-state index in [1.807, 2.05) is 9.80 Å². The number of morpholine rings is 1. The lowest BCUT2D eigenvalue weighted by Gasteiger charge is -2.40. The molecule has 0 bridgehead atoms. The molecule has 1 atom stereocenters. The summed E-state index contributed by atoms with van der Waals surface area (Å²) < 4.78 is 40.3. The molecular formula is C22H25ClF2N8O3. The predicted molar refractivity (Wildman–Crippen MR) is 128 cm³/mol. The van der Waals surface area contributed by atoms with Gasteiger partial charge in [0.05, 0.1) is 31.9 Å². The Morgan fingerprint density at radius 2 is 1.78 bits per heavy atom. The minimum atomic E-state index is -2.88. The predicted octanol–water partition coefficient (Wildman–Crippen LogP) is 1.93. The van der Waals surface area contributed by atoms with Gasteiger partial charge in [0.25, 0.3) is 6.43 Å². The minimum Gasteiger partial charge on any atom is -0.494 e. The van der Waals surface area contributed by atoms with Crippen LogP contribution in [0.25, 0.3) is 17.0 Å². The van der Waals surface area contributed by atoms with E-state index in [9.17, 15) is 13.6 Å². The highest BCUT2D eigenvalue weighted by Gasteiger charge is 2.33. The quantitative estimate of drug-likeness (QED) is 0.465. The lowest BCUT2D eigenvalue weighted by atomic mass is 10.1. The fraction of sp³-hybridized carbons (Fsp3) is 0.500. The SMILES string of the molecule is COc1cccc2c1nc(C(F)F)n2-c1nc(N2CCOCC2)nc(N2CC(NC(=O)C(C)Cl)C2)n1. The number of halogens is 3. The number of benzene rings is 1. The summed E-state index contributed by atoms with van der Waals surface area (Å²) in [6.07, 6.45) is -2.88. The number of amides is 1. The Bertz CT molecular complexity index is 1260. The summed E-state index contributed by atoms with van der Waals surface area (Å²) in [5, 5.41) is 2.21. The Labute approximate surface area is 210 Å². The molecule has 2 aliphatic rings. The number of nitrogens with zero attached hydrogens (tertiary/aromatic N) is 7. The third-order valence-electron chi connectivity index (χ3n) is 6.06. The van der Waals surface area contributed by atoms with Crippen molar-refractivity contribution in [2.24, 2.45) is 0 Å². The maximum absolute atomic E-state index is 14.1. The van der Waals surface area contributed by atoms with Crippen molar-refractivity contribution in [1.82, 2.24) is 29.8 Å². The van der Waals surface area contributed by atoms with Crippen LogP contribution in [0.1, 0.15) is 19.2 Å². The Hall–Kier alpha value is -3.32. The molecule has 0 radical (unpaired) electrons. The average molecular weight is 523 g/mol. The van der Waals surface area contributed by atoms with Gasteiger partial charge in [0.15, 0.2) is 5.82 Å². The van der Waals surface area contributed by atoms with Gasteiger partial charge < -0.3 is 24.6 Å². The van der Waals surface area contributed by atoms with Gasteiger partial charge in [-0.15, -0.1) is 11.6 Å². The van der Waals surface area contributed by atoms with Gasteiger partial charge in [0, 0.05) is 26.2 Å². The Balaban J connectivity index is 1.56. The van der Waals surface area contributed by atoms with E-state index >= 15 is 0 Å². The number of para-hydroxylation sites is 1. The number of fused-ring (bicyclic) bond motifs is 1. The van der Waals surface area contributed by atoms with Crippen LogP contribution in [0, 0.1) is 0 Å². The van der Waals surface area contributed by atoms with Crippen LogP contribution in [0.3, 0.4) is 0 Å². The fourth-order valence-electron chi connectivity index (χ4n) is 4.15. The van der Waals surface area contributed by atoms with Crippen molar-refractivity contribution in [3.63, 3.8) is 0 Å². The Morgan fingerprint density at radius 1 is 1.11 bits per heavy atom. The highest BCUT2D eigenvalue weighted by molar-refractivity contribution is 6.30. The first-order valence-corrected chi connectivity index (χ1v) is 11.9. The van der Waals surface area contributed by atoms with Crippen molar-refractivity contribution >= 4 is 40.4 Å². The van der Waals surface area contributed by atoms with Crippen LogP contribution in [-0.2, 0) is 9.53 Å². The maximum Gasteiger partial charge on any atom is 0.296 e. The molecule has 1 N–H and O–H groups in total. The van der Waals surface area contributed by atoms with Crippen molar-refractivity contribution < 1.29 is 23.0 Å². The zero-order valence-electron chi connectivity index (χ0n) is 19.7. The van der Waals surface area contributed by atoms with Gasteiger partial charge in [-0.3, -0.25) is 9.36 Å². The van der Waals surface area contributed by atoms with E-state index in [0.717, 1.165) is 0 Å². The van der Waals surface area contributed by atoms with Crippen LogP contribution in [0.2, 0.25) is 0 Å². The van der Waals surface area contributed by atoms with Crippen LogP contribution < -0.4 is 19.9 Å². The number of rotatable bonds is 7. The second-order valence-electron chi connectivity index (χ2n) is 8.50. The number of nitrogens with one attached hydrogen (secondary N) is 1. The van der Waals surface area contributed by atoms with Crippen LogP contribution in [0.5, 0.6) is 5.75 Å². The van der Waals surface area contributed by atoms with E-state index in [2.05, 4.69) is 25.3 Å². The summed E-state index contributed by atoms with van der Waals surface area (Å²) in [7, 11) is 1.46. The highest BCUT2D eigenvalue weighted by atomic mass is 35.5.